The van der Waals surface area contributed by atoms with Crippen LogP contribution in [0.3, 0.4) is 0 Å². The summed E-state index contributed by atoms with van der Waals surface area (Å²) in [6, 6.07) is 18.7. The first-order valence-corrected chi connectivity index (χ1v) is 11.4. The van der Waals surface area contributed by atoms with Crippen LogP contribution in [-0.2, 0) is 6.42 Å². The summed E-state index contributed by atoms with van der Waals surface area (Å²) in [4.78, 5) is 8.76. The SMILES string of the molecule is CC(C)CNc1cc(N[C@@H](C)[C@@H](Cc2ccc(Cl)cc2)c2cccc(Br)c2)ncn1. The highest BCUT2D eigenvalue weighted by Gasteiger charge is 2.21. The summed E-state index contributed by atoms with van der Waals surface area (Å²) < 4.78 is 1.08. The van der Waals surface area contributed by atoms with Gasteiger partial charge in [-0.2, -0.15) is 0 Å². The largest absolute Gasteiger partial charge is 0.370 e. The van der Waals surface area contributed by atoms with Gasteiger partial charge in [0.05, 0.1) is 0 Å². The number of hydrogen-bond donors (Lipinski definition) is 2. The maximum atomic E-state index is 6.08. The Kier molecular flexibility index (Phi) is 8.11. The highest BCUT2D eigenvalue weighted by Crippen LogP contribution is 2.29. The lowest BCUT2D eigenvalue weighted by Crippen LogP contribution is -2.26. The molecule has 0 saturated heterocycles. The molecule has 158 valence electrons. The van der Waals surface area contributed by atoms with Crippen LogP contribution >= 0.6 is 27.5 Å². The van der Waals surface area contributed by atoms with Crippen molar-refractivity contribution in [3.05, 3.63) is 81.5 Å². The van der Waals surface area contributed by atoms with E-state index in [0.717, 1.165) is 34.1 Å². The molecule has 3 rings (SSSR count). The highest BCUT2D eigenvalue weighted by molar-refractivity contribution is 9.10. The zero-order chi connectivity index (χ0) is 21.5. The number of hydrogen-bond acceptors (Lipinski definition) is 4. The van der Waals surface area contributed by atoms with Gasteiger partial charge in [0.1, 0.15) is 18.0 Å². The van der Waals surface area contributed by atoms with Crippen molar-refractivity contribution < 1.29 is 0 Å². The lowest BCUT2D eigenvalue weighted by molar-refractivity contribution is 0.593. The van der Waals surface area contributed by atoms with E-state index in [-0.39, 0.29) is 12.0 Å². The number of nitrogens with zero attached hydrogens (tertiary/aromatic N) is 2. The maximum Gasteiger partial charge on any atom is 0.131 e. The fraction of sp³-hybridized carbons (Fsp3) is 0.333. The Morgan fingerprint density at radius 1 is 0.967 bits per heavy atom. The van der Waals surface area contributed by atoms with Crippen LogP contribution in [0.5, 0.6) is 0 Å². The molecular weight excluding hydrogens is 460 g/mol. The maximum absolute atomic E-state index is 6.08. The van der Waals surface area contributed by atoms with Gasteiger partial charge in [-0.3, -0.25) is 0 Å². The molecule has 0 radical (unpaired) electrons. The lowest BCUT2D eigenvalue weighted by Gasteiger charge is -2.26. The van der Waals surface area contributed by atoms with Gasteiger partial charge >= 0.3 is 0 Å². The molecule has 0 amide bonds. The van der Waals surface area contributed by atoms with Crippen LogP contribution in [0.15, 0.2) is 65.4 Å². The Morgan fingerprint density at radius 2 is 1.70 bits per heavy atom. The van der Waals surface area contributed by atoms with Gasteiger partial charge in [0.25, 0.3) is 0 Å². The normalized spacial score (nSPS) is 13.1. The minimum atomic E-state index is 0.155. The molecule has 0 aliphatic carbocycles. The smallest absolute Gasteiger partial charge is 0.131 e. The molecule has 2 aromatic carbocycles. The van der Waals surface area contributed by atoms with Crippen LogP contribution in [0.1, 0.15) is 37.8 Å². The molecule has 30 heavy (non-hydrogen) atoms. The van der Waals surface area contributed by atoms with Crippen molar-refractivity contribution in [3.63, 3.8) is 0 Å². The molecule has 0 unspecified atom stereocenters. The zero-order valence-corrected chi connectivity index (χ0v) is 19.9. The topological polar surface area (TPSA) is 49.8 Å². The predicted molar refractivity (Wildman–Crippen MR) is 130 cm³/mol. The first-order chi connectivity index (χ1) is 14.4. The monoisotopic (exact) mass is 486 g/mol. The summed E-state index contributed by atoms with van der Waals surface area (Å²) >= 11 is 9.69. The van der Waals surface area contributed by atoms with E-state index in [1.54, 1.807) is 6.33 Å². The summed E-state index contributed by atoms with van der Waals surface area (Å²) in [5.41, 5.74) is 2.52. The summed E-state index contributed by atoms with van der Waals surface area (Å²) in [6.45, 7) is 7.43. The van der Waals surface area contributed by atoms with Crippen molar-refractivity contribution >= 4 is 39.2 Å². The third kappa shape index (κ3) is 6.71. The summed E-state index contributed by atoms with van der Waals surface area (Å²) in [5, 5.41) is 7.70. The van der Waals surface area contributed by atoms with Crippen LogP contribution in [0.4, 0.5) is 11.6 Å². The second kappa shape index (κ2) is 10.8. The molecule has 3 aromatic rings. The second-order valence-electron chi connectivity index (χ2n) is 7.99. The Morgan fingerprint density at radius 3 is 2.40 bits per heavy atom. The van der Waals surface area contributed by atoms with Crippen LogP contribution in [0.2, 0.25) is 5.02 Å². The second-order valence-corrected chi connectivity index (χ2v) is 9.34. The van der Waals surface area contributed by atoms with E-state index in [9.17, 15) is 0 Å². The minimum absolute atomic E-state index is 0.155. The first kappa shape index (κ1) is 22.6. The Labute approximate surface area is 192 Å². The van der Waals surface area contributed by atoms with Crippen LogP contribution < -0.4 is 10.6 Å². The molecule has 0 spiro atoms. The number of anilines is 2. The first-order valence-electron chi connectivity index (χ1n) is 10.2. The standard InChI is InChI=1S/C24H28BrClN4/c1-16(2)14-27-23-13-24(29-15-28-23)30-17(3)22(19-5-4-6-20(25)12-19)11-18-7-9-21(26)10-8-18/h4-10,12-13,15-17,22H,11,14H2,1-3H3,(H2,27,28,29,30)/t17-,22+/m0/s1. The van der Waals surface area contributed by atoms with E-state index in [0.29, 0.717) is 5.92 Å². The van der Waals surface area contributed by atoms with Crippen LogP contribution in [0.25, 0.3) is 0 Å². The molecule has 0 bridgehead atoms. The summed E-state index contributed by atoms with van der Waals surface area (Å²) in [7, 11) is 0. The molecule has 2 N–H and O–H groups in total. The van der Waals surface area contributed by atoms with Gasteiger partial charge in [0.15, 0.2) is 0 Å². The average molecular weight is 488 g/mol. The number of halogens is 2. The quantitative estimate of drug-likeness (QED) is 0.349. The van der Waals surface area contributed by atoms with Gasteiger partial charge in [-0.15, -0.1) is 0 Å². The van der Waals surface area contributed by atoms with E-state index in [4.69, 9.17) is 11.6 Å². The van der Waals surface area contributed by atoms with Crippen molar-refractivity contribution in [1.29, 1.82) is 0 Å². The van der Waals surface area contributed by atoms with Crippen molar-refractivity contribution in [3.8, 4) is 0 Å². The minimum Gasteiger partial charge on any atom is -0.370 e. The Balaban J connectivity index is 1.80. The lowest BCUT2D eigenvalue weighted by atomic mass is 9.86. The van der Waals surface area contributed by atoms with Crippen molar-refractivity contribution in [1.82, 2.24) is 9.97 Å². The Hall–Kier alpha value is -2.11. The molecule has 2 atom stereocenters. The van der Waals surface area contributed by atoms with E-state index >= 15 is 0 Å². The van der Waals surface area contributed by atoms with Gasteiger partial charge in [-0.1, -0.05) is 65.6 Å². The average Bonchev–Trinajstić information content (AvgIpc) is 2.72. The van der Waals surface area contributed by atoms with E-state index in [2.05, 4.69) is 93.7 Å². The van der Waals surface area contributed by atoms with Crippen molar-refractivity contribution in [2.45, 2.75) is 39.2 Å². The zero-order valence-electron chi connectivity index (χ0n) is 17.6. The molecule has 0 aliphatic heterocycles. The van der Waals surface area contributed by atoms with Crippen LogP contribution in [0, 0.1) is 5.92 Å². The van der Waals surface area contributed by atoms with Gasteiger partial charge in [0.2, 0.25) is 0 Å². The van der Waals surface area contributed by atoms with Crippen molar-refractivity contribution in [2.75, 3.05) is 17.2 Å². The number of nitrogens with one attached hydrogen (secondary N) is 2. The molecule has 6 heteroatoms. The molecule has 1 heterocycles. The fourth-order valence-corrected chi connectivity index (χ4v) is 3.91. The van der Waals surface area contributed by atoms with E-state index in [1.807, 2.05) is 18.2 Å². The number of aromatic nitrogens is 2. The van der Waals surface area contributed by atoms with Gasteiger partial charge in [-0.05, 0) is 54.7 Å². The highest BCUT2D eigenvalue weighted by atomic mass is 79.9. The third-order valence-corrected chi connectivity index (χ3v) is 5.73. The number of benzene rings is 2. The third-order valence-electron chi connectivity index (χ3n) is 4.98. The predicted octanol–water partition coefficient (Wildman–Crippen LogP) is 6.79. The molecule has 0 aliphatic rings. The molecule has 0 saturated carbocycles. The van der Waals surface area contributed by atoms with Crippen molar-refractivity contribution in [2.24, 2.45) is 5.92 Å². The molecule has 4 nitrogen and oxygen atoms in total. The van der Waals surface area contributed by atoms with Gasteiger partial charge in [-0.25, -0.2) is 9.97 Å². The Bertz CT molecular complexity index is 946. The van der Waals surface area contributed by atoms with Crippen LogP contribution in [-0.4, -0.2) is 22.6 Å². The molecular formula is C24H28BrClN4. The molecule has 0 fully saturated rings. The van der Waals surface area contributed by atoms with Gasteiger partial charge in [0, 0.05) is 34.1 Å². The van der Waals surface area contributed by atoms with E-state index < -0.39 is 0 Å². The fourth-order valence-electron chi connectivity index (χ4n) is 3.37. The number of rotatable bonds is 9. The molecule has 1 aromatic heterocycles. The van der Waals surface area contributed by atoms with E-state index in [1.165, 1.54) is 11.1 Å². The van der Waals surface area contributed by atoms with Gasteiger partial charge < -0.3 is 10.6 Å². The summed E-state index contributed by atoms with van der Waals surface area (Å²) in [5.74, 6) is 2.46. The summed E-state index contributed by atoms with van der Waals surface area (Å²) in [6.07, 6.45) is 2.50.